The minimum absolute atomic E-state index is 0.167. The summed E-state index contributed by atoms with van der Waals surface area (Å²) in [6, 6.07) is 0.748. The molecule has 1 heterocycles. The quantitative estimate of drug-likeness (QED) is 0.647. The molecule has 1 saturated carbocycles. The average Bonchev–Trinajstić information content (AvgIpc) is 2.44. The Labute approximate surface area is 86.5 Å². The van der Waals surface area contributed by atoms with Crippen molar-refractivity contribution in [3.8, 4) is 0 Å². The lowest BCUT2D eigenvalue weighted by atomic mass is 9.94. The van der Waals surface area contributed by atoms with Crippen molar-refractivity contribution < 1.29 is 5.11 Å². The van der Waals surface area contributed by atoms with Gasteiger partial charge in [-0.2, -0.15) is 0 Å². The highest BCUT2D eigenvalue weighted by Crippen LogP contribution is 2.22. The molecule has 14 heavy (non-hydrogen) atoms. The Balaban J connectivity index is 1.87. The molecule has 0 bridgehead atoms. The number of aliphatic hydroxyl groups is 1. The maximum absolute atomic E-state index is 9.69. The summed E-state index contributed by atoms with van der Waals surface area (Å²) in [6.45, 7) is 3.79. The lowest BCUT2D eigenvalue weighted by Gasteiger charge is -2.33. The highest BCUT2D eigenvalue weighted by molar-refractivity contribution is 4.81. The summed E-state index contributed by atoms with van der Waals surface area (Å²) in [5.74, 6) is 0. The van der Waals surface area contributed by atoms with Gasteiger partial charge in [0.15, 0.2) is 0 Å². The smallest absolute Gasteiger partial charge is 0.0791 e. The second-order valence-corrected chi connectivity index (χ2v) is 4.64. The number of nitrogens with one attached hydrogen (secondary N) is 1. The van der Waals surface area contributed by atoms with Crippen LogP contribution in [0, 0.1) is 0 Å². The number of hydrogen-bond acceptors (Lipinski definition) is 3. The molecule has 2 aliphatic rings. The first kappa shape index (κ1) is 10.4. The lowest BCUT2D eigenvalue weighted by Crippen LogP contribution is -2.41. The van der Waals surface area contributed by atoms with Crippen molar-refractivity contribution in [2.45, 2.75) is 44.2 Å². The van der Waals surface area contributed by atoms with Crippen LogP contribution in [0.5, 0.6) is 0 Å². The molecule has 0 amide bonds. The number of rotatable bonds is 1. The van der Waals surface area contributed by atoms with Gasteiger partial charge < -0.3 is 10.4 Å². The zero-order valence-electron chi connectivity index (χ0n) is 8.91. The van der Waals surface area contributed by atoms with Gasteiger partial charge in [0.25, 0.3) is 0 Å². The van der Waals surface area contributed by atoms with Crippen molar-refractivity contribution in [3.05, 3.63) is 0 Å². The molecule has 0 aromatic heterocycles. The van der Waals surface area contributed by atoms with E-state index >= 15 is 0 Å². The Morgan fingerprint density at radius 1 is 1.14 bits per heavy atom. The fourth-order valence-corrected chi connectivity index (χ4v) is 2.70. The van der Waals surface area contributed by atoms with E-state index < -0.39 is 0 Å². The van der Waals surface area contributed by atoms with E-state index in [1.54, 1.807) is 0 Å². The molecule has 82 valence electrons. The molecular weight excluding hydrogens is 176 g/mol. The van der Waals surface area contributed by atoms with Crippen molar-refractivity contribution in [1.29, 1.82) is 0 Å². The van der Waals surface area contributed by atoms with Gasteiger partial charge in [0, 0.05) is 32.2 Å². The third-order valence-corrected chi connectivity index (χ3v) is 3.49. The van der Waals surface area contributed by atoms with Crippen molar-refractivity contribution in [2.24, 2.45) is 0 Å². The van der Waals surface area contributed by atoms with Crippen LogP contribution in [0.4, 0.5) is 0 Å². The van der Waals surface area contributed by atoms with Gasteiger partial charge in [0.05, 0.1) is 6.10 Å². The van der Waals surface area contributed by atoms with Crippen LogP contribution >= 0.6 is 0 Å². The molecular formula is C11H22N2O. The molecule has 2 fully saturated rings. The molecule has 3 nitrogen and oxygen atoms in total. The van der Waals surface area contributed by atoms with E-state index in [1.165, 1.54) is 32.1 Å². The summed E-state index contributed by atoms with van der Waals surface area (Å²) in [5.41, 5.74) is 0. The van der Waals surface area contributed by atoms with Crippen molar-refractivity contribution in [2.75, 3.05) is 26.2 Å². The number of nitrogens with zero attached hydrogens (tertiary/aromatic N) is 1. The maximum Gasteiger partial charge on any atom is 0.0791 e. The van der Waals surface area contributed by atoms with Crippen LogP contribution in [-0.2, 0) is 0 Å². The van der Waals surface area contributed by atoms with Crippen LogP contribution in [0.1, 0.15) is 32.1 Å². The van der Waals surface area contributed by atoms with E-state index in [0.29, 0.717) is 0 Å². The van der Waals surface area contributed by atoms with Gasteiger partial charge in [0.2, 0.25) is 0 Å². The van der Waals surface area contributed by atoms with Gasteiger partial charge >= 0.3 is 0 Å². The van der Waals surface area contributed by atoms with Crippen LogP contribution in [0.3, 0.4) is 0 Å². The van der Waals surface area contributed by atoms with Gasteiger partial charge in [0.1, 0.15) is 0 Å². The summed E-state index contributed by atoms with van der Waals surface area (Å²) in [4.78, 5) is 2.49. The van der Waals surface area contributed by atoms with Crippen LogP contribution in [0.2, 0.25) is 0 Å². The second kappa shape index (κ2) is 5.10. The lowest BCUT2D eigenvalue weighted by molar-refractivity contribution is 0.0909. The van der Waals surface area contributed by atoms with E-state index in [0.717, 1.165) is 32.2 Å². The molecule has 3 heteroatoms. The molecule has 1 aliphatic heterocycles. The molecule has 2 N–H and O–H groups in total. The topological polar surface area (TPSA) is 35.5 Å². The minimum Gasteiger partial charge on any atom is -0.390 e. The molecule has 1 unspecified atom stereocenters. The van der Waals surface area contributed by atoms with Crippen LogP contribution < -0.4 is 5.32 Å². The molecule has 1 aliphatic carbocycles. The summed E-state index contributed by atoms with van der Waals surface area (Å²) in [7, 11) is 0. The summed E-state index contributed by atoms with van der Waals surface area (Å²) in [5, 5.41) is 13.0. The predicted molar refractivity (Wildman–Crippen MR) is 57.3 cm³/mol. The first-order valence-corrected chi connectivity index (χ1v) is 5.99. The second-order valence-electron chi connectivity index (χ2n) is 4.64. The van der Waals surface area contributed by atoms with Crippen LogP contribution in [0.15, 0.2) is 0 Å². The fraction of sp³-hybridized carbons (Fsp3) is 1.00. The Morgan fingerprint density at radius 3 is 2.71 bits per heavy atom. The third-order valence-electron chi connectivity index (χ3n) is 3.49. The van der Waals surface area contributed by atoms with Crippen molar-refractivity contribution in [1.82, 2.24) is 10.2 Å². The summed E-state index contributed by atoms with van der Waals surface area (Å²) in [6.07, 6.45) is 6.68. The summed E-state index contributed by atoms with van der Waals surface area (Å²) >= 11 is 0. The maximum atomic E-state index is 9.69. The largest absolute Gasteiger partial charge is 0.390 e. The van der Waals surface area contributed by atoms with Gasteiger partial charge in [-0.15, -0.1) is 0 Å². The van der Waals surface area contributed by atoms with E-state index in [1.807, 2.05) is 0 Å². The SMILES string of the molecule is OC1CNCCN(C2CCCCC2)C1. The molecule has 0 spiro atoms. The van der Waals surface area contributed by atoms with Crippen molar-refractivity contribution >= 4 is 0 Å². The standard InChI is InChI=1S/C11H22N2O/c14-11-8-12-6-7-13(9-11)10-4-2-1-3-5-10/h10-12,14H,1-9H2. The summed E-state index contributed by atoms with van der Waals surface area (Å²) < 4.78 is 0. The first-order valence-electron chi connectivity index (χ1n) is 5.99. The molecule has 1 atom stereocenters. The van der Waals surface area contributed by atoms with E-state index in [9.17, 15) is 5.11 Å². The van der Waals surface area contributed by atoms with E-state index in [2.05, 4.69) is 10.2 Å². The highest BCUT2D eigenvalue weighted by atomic mass is 16.3. The minimum atomic E-state index is -0.167. The van der Waals surface area contributed by atoms with Gasteiger partial charge in [-0.05, 0) is 12.8 Å². The van der Waals surface area contributed by atoms with Gasteiger partial charge in [-0.1, -0.05) is 19.3 Å². The zero-order chi connectivity index (χ0) is 9.80. The number of aliphatic hydroxyl groups excluding tert-OH is 1. The highest BCUT2D eigenvalue weighted by Gasteiger charge is 2.24. The average molecular weight is 198 g/mol. The van der Waals surface area contributed by atoms with Crippen molar-refractivity contribution in [3.63, 3.8) is 0 Å². The first-order chi connectivity index (χ1) is 6.86. The molecule has 0 radical (unpaired) electrons. The molecule has 2 rings (SSSR count). The van der Waals surface area contributed by atoms with Gasteiger partial charge in [-0.3, -0.25) is 4.90 Å². The Kier molecular flexibility index (Phi) is 3.79. The molecule has 1 saturated heterocycles. The Bertz CT molecular complexity index is 169. The van der Waals surface area contributed by atoms with Crippen LogP contribution in [0.25, 0.3) is 0 Å². The monoisotopic (exact) mass is 198 g/mol. The normalized spacial score (nSPS) is 32.8. The van der Waals surface area contributed by atoms with Crippen LogP contribution in [-0.4, -0.2) is 48.3 Å². The Hall–Kier alpha value is -0.120. The predicted octanol–water partition coefficient (Wildman–Crippen LogP) is 0.585. The van der Waals surface area contributed by atoms with E-state index in [4.69, 9.17) is 0 Å². The fourth-order valence-electron chi connectivity index (χ4n) is 2.70. The Morgan fingerprint density at radius 2 is 1.93 bits per heavy atom. The third kappa shape index (κ3) is 2.69. The zero-order valence-corrected chi connectivity index (χ0v) is 8.91. The number of hydrogen-bond donors (Lipinski definition) is 2. The van der Waals surface area contributed by atoms with Gasteiger partial charge in [-0.25, -0.2) is 0 Å². The number of β-amino-alcohol motifs (C(OH)–C–C–N with tert-alkyl or cyclic N) is 1. The van der Waals surface area contributed by atoms with E-state index in [-0.39, 0.29) is 6.10 Å². The molecule has 0 aromatic carbocycles. The molecule has 0 aromatic rings.